The van der Waals surface area contributed by atoms with Gasteiger partial charge in [0.05, 0.1) is 9.82 Å². The molecule has 0 aliphatic carbocycles. The first-order chi connectivity index (χ1) is 13.5. The van der Waals surface area contributed by atoms with Crippen molar-refractivity contribution in [3.05, 3.63) is 28.3 Å². The molecule has 0 spiro atoms. The number of benzene rings is 1. The van der Waals surface area contributed by atoms with Crippen molar-refractivity contribution in [2.24, 2.45) is 5.92 Å². The number of nitrogens with zero attached hydrogens (tertiary/aromatic N) is 4. The van der Waals surface area contributed by atoms with Crippen molar-refractivity contribution in [2.75, 3.05) is 58.3 Å². The van der Waals surface area contributed by atoms with Gasteiger partial charge in [0.2, 0.25) is 15.9 Å². The van der Waals surface area contributed by atoms with Crippen LogP contribution in [0.3, 0.4) is 0 Å². The summed E-state index contributed by atoms with van der Waals surface area (Å²) in [6.07, 6.45) is 0. The van der Waals surface area contributed by atoms with Crippen molar-refractivity contribution in [1.29, 1.82) is 0 Å². The zero-order valence-corrected chi connectivity index (χ0v) is 18.1. The van der Waals surface area contributed by atoms with Crippen LogP contribution in [0.5, 0.6) is 0 Å². The molecule has 0 bridgehead atoms. The lowest BCUT2D eigenvalue weighted by atomic mass is 10.1. The third kappa shape index (κ3) is 5.87. The first-order valence-electron chi connectivity index (χ1n) is 9.49. The number of piperazine rings is 1. The van der Waals surface area contributed by atoms with Gasteiger partial charge in [0, 0.05) is 51.3 Å². The lowest BCUT2D eigenvalue weighted by Crippen LogP contribution is -2.50. The summed E-state index contributed by atoms with van der Waals surface area (Å²) in [4.78, 5) is 28.4. The highest BCUT2D eigenvalue weighted by Gasteiger charge is 2.28. The second-order valence-corrected chi connectivity index (χ2v) is 9.34. The highest BCUT2D eigenvalue weighted by Crippen LogP contribution is 2.31. The molecule has 1 saturated heterocycles. The molecule has 1 aromatic carbocycles. The predicted molar refractivity (Wildman–Crippen MR) is 110 cm³/mol. The molecule has 1 heterocycles. The molecule has 0 unspecified atom stereocenters. The van der Waals surface area contributed by atoms with Gasteiger partial charge < -0.3 is 14.7 Å². The monoisotopic (exact) mass is 427 g/mol. The Bertz CT molecular complexity index is 848. The first kappa shape index (κ1) is 23.0. The Morgan fingerprint density at radius 1 is 1.24 bits per heavy atom. The largest absolute Gasteiger partial charge is 0.362 e. The highest BCUT2D eigenvalue weighted by molar-refractivity contribution is 7.89. The minimum Gasteiger partial charge on any atom is -0.362 e. The van der Waals surface area contributed by atoms with Gasteiger partial charge in [-0.25, -0.2) is 13.1 Å². The number of sulfonamides is 1. The SMILES string of the molecule is CC(C)C(=O)N1CCN(c2ccc(S(=O)(=O)NCCN(C)C)cc2[N+](=O)[O-])CC1. The highest BCUT2D eigenvalue weighted by atomic mass is 32.2. The fraction of sp³-hybridized carbons (Fsp3) is 0.611. The number of rotatable bonds is 8. The molecule has 29 heavy (non-hydrogen) atoms. The number of likely N-dealkylation sites (N-methyl/N-ethyl adjacent to an activating group) is 1. The van der Waals surface area contributed by atoms with Crippen LogP contribution < -0.4 is 9.62 Å². The maximum atomic E-state index is 12.4. The van der Waals surface area contributed by atoms with Crippen molar-refractivity contribution in [3.8, 4) is 0 Å². The van der Waals surface area contributed by atoms with E-state index in [4.69, 9.17) is 0 Å². The summed E-state index contributed by atoms with van der Waals surface area (Å²) in [5.41, 5.74) is 0.100. The van der Waals surface area contributed by atoms with Crippen LogP contribution in [0.1, 0.15) is 13.8 Å². The Balaban J connectivity index is 2.19. The Morgan fingerprint density at radius 3 is 2.38 bits per heavy atom. The summed E-state index contributed by atoms with van der Waals surface area (Å²) in [6.45, 7) is 6.24. The second-order valence-electron chi connectivity index (χ2n) is 7.58. The number of amides is 1. The van der Waals surface area contributed by atoms with Crippen LogP contribution in [0.4, 0.5) is 11.4 Å². The van der Waals surface area contributed by atoms with E-state index in [1.165, 1.54) is 12.1 Å². The van der Waals surface area contributed by atoms with E-state index in [0.29, 0.717) is 38.4 Å². The Kier molecular flexibility index (Phi) is 7.55. The van der Waals surface area contributed by atoms with E-state index in [2.05, 4.69) is 4.72 Å². The molecule has 0 saturated carbocycles. The lowest BCUT2D eigenvalue weighted by molar-refractivity contribution is -0.384. The van der Waals surface area contributed by atoms with Gasteiger partial charge in [0.1, 0.15) is 5.69 Å². The van der Waals surface area contributed by atoms with Crippen LogP contribution in [-0.2, 0) is 14.8 Å². The van der Waals surface area contributed by atoms with Crippen LogP contribution in [0.25, 0.3) is 0 Å². The van der Waals surface area contributed by atoms with Crippen LogP contribution in [-0.4, -0.2) is 82.4 Å². The smallest absolute Gasteiger partial charge is 0.293 e. The maximum Gasteiger partial charge on any atom is 0.293 e. The molecule has 1 amide bonds. The quantitative estimate of drug-likeness (QED) is 0.480. The second kappa shape index (κ2) is 9.51. The number of carbonyl (C=O) groups is 1. The van der Waals surface area contributed by atoms with Gasteiger partial charge in [-0.2, -0.15) is 0 Å². The van der Waals surface area contributed by atoms with Gasteiger partial charge in [-0.1, -0.05) is 13.8 Å². The fourth-order valence-electron chi connectivity index (χ4n) is 3.10. The predicted octanol–water partition coefficient (Wildman–Crippen LogP) is 0.739. The van der Waals surface area contributed by atoms with E-state index in [0.717, 1.165) is 6.07 Å². The average molecular weight is 428 g/mol. The van der Waals surface area contributed by atoms with Crippen LogP contribution in [0.2, 0.25) is 0 Å². The molecule has 11 heteroatoms. The number of hydrogen-bond donors (Lipinski definition) is 1. The molecule has 1 aromatic rings. The molecule has 10 nitrogen and oxygen atoms in total. The van der Waals surface area contributed by atoms with Gasteiger partial charge in [-0.3, -0.25) is 14.9 Å². The average Bonchev–Trinajstić information content (AvgIpc) is 2.66. The van der Waals surface area contributed by atoms with Crippen molar-refractivity contribution in [3.63, 3.8) is 0 Å². The van der Waals surface area contributed by atoms with E-state index in [1.54, 1.807) is 4.90 Å². The zero-order valence-electron chi connectivity index (χ0n) is 17.3. The van der Waals surface area contributed by atoms with Crippen molar-refractivity contribution >= 4 is 27.3 Å². The zero-order chi connectivity index (χ0) is 21.8. The van der Waals surface area contributed by atoms with Crippen molar-refractivity contribution in [1.82, 2.24) is 14.5 Å². The van der Waals surface area contributed by atoms with Crippen LogP contribution in [0.15, 0.2) is 23.1 Å². The summed E-state index contributed by atoms with van der Waals surface area (Å²) < 4.78 is 27.3. The van der Waals surface area contributed by atoms with Gasteiger partial charge >= 0.3 is 0 Å². The van der Waals surface area contributed by atoms with Crippen LogP contribution in [0, 0.1) is 16.0 Å². The molecular formula is C18H29N5O5S. The number of nitrogens with one attached hydrogen (secondary N) is 1. The van der Waals surface area contributed by atoms with Crippen molar-refractivity contribution < 1.29 is 18.1 Å². The molecule has 1 fully saturated rings. The Morgan fingerprint density at radius 2 is 1.86 bits per heavy atom. The van der Waals surface area contributed by atoms with Gasteiger partial charge in [-0.05, 0) is 26.2 Å². The van der Waals surface area contributed by atoms with E-state index >= 15 is 0 Å². The minimum atomic E-state index is -3.84. The topological polar surface area (TPSA) is 116 Å². The number of nitro benzene ring substituents is 1. The molecule has 162 valence electrons. The number of anilines is 1. The summed E-state index contributed by atoms with van der Waals surface area (Å²) >= 11 is 0. The molecule has 2 rings (SSSR count). The molecule has 1 aliphatic heterocycles. The third-order valence-electron chi connectivity index (χ3n) is 4.73. The van der Waals surface area contributed by atoms with Gasteiger partial charge in [0.15, 0.2) is 0 Å². The molecular weight excluding hydrogens is 398 g/mol. The standard InChI is InChI=1S/C18H29N5O5S/c1-14(2)18(24)22-11-9-21(10-12-22)16-6-5-15(13-17(16)23(25)26)29(27,28)19-7-8-20(3)4/h5-6,13-14,19H,7-12H2,1-4H3. The van der Waals surface area contributed by atoms with Crippen molar-refractivity contribution in [2.45, 2.75) is 18.7 Å². The Hall–Kier alpha value is -2.24. The van der Waals surface area contributed by atoms with Gasteiger partial charge in [-0.15, -0.1) is 0 Å². The molecule has 0 atom stereocenters. The van der Waals surface area contributed by atoms with Gasteiger partial charge in [0.25, 0.3) is 5.69 Å². The summed E-state index contributed by atoms with van der Waals surface area (Å²) in [5, 5.41) is 11.6. The van der Waals surface area contributed by atoms with E-state index < -0.39 is 14.9 Å². The van der Waals surface area contributed by atoms with E-state index in [9.17, 15) is 23.3 Å². The Labute approximate surface area is 171 Å². The first-order valence-corrected chi connectivity index (χ1v) is 11.0. The molecule has 1 N–H and O–H groups in total. The minimum absolute atomic E-state index is 0.0596. The summed E-state index contributed by atoms with van der Waals surface area (Å²) in [5.74, 6) is -0.0373. The third-order valence-corrected chi connectivity index (χ3v) is 6.19. The molecule has 0 radical (unpaired) electrons. The molecule has 1 aliphatic rings. The lowest BCUT2D eigenvalue weighted by Gasteiger charge is -2.36. The summed E-state index contributed by atoms with van der Waals surface area (Å²) in [6, 6.07) is 3.95. The normalized spacial score (nSPS) is 15.2. The number of nitro groups is 1. The fourth-order valence-corrected chi connectivity index (χ4v) is 4.14. The number of hydrogen-bond acceptors (Lipinski definition) is 7. The number of carbonyl (C=O) groups excluding carboxylic acids is 1. The van der Waals surface area contributed by atoms with E-state index in [1.807, 2.05) is 37.7 Å². The van der Waals surface area contributed by atoms with E-state index in [-0.39, 0.29) is 29.0 Å². The van der Waals surface area contributed by atoms with Crippen LogP contribution >= 0.6 is 0 Å². The maximum absolute atomic E-state index is 12.4. The molecule has 0 aromatic heterocycles. The summed E-state index contributed by atoms with van der Waals surface area (Å²) in [7, 11) is -0.198.